The molecule has 0 N–H and O–H groups in total. The molecule has 0 aliphatic rings. The molecule has 0 nitrogen and oxygen atoms in total. The Balaban J connectivity index is 3.02. The van der Waals surface area contributed by atoms with Crippen LogP contribution in [0.25, 0.3) is 0 Å². The van der Waals surface area contributed by atoms with E-state index in [1.54, 1.807) is 0 Å². The first-order valence-electron chi connectivity index (χ1n) is 4.21. The molecule has 0 fully saturated rings. The van der Waals surface area contributed by atoms with Gasteiger partial charge in [-0.25, -0.2) is 0 Å². The minimum absolute atomic E-state index is 1.09. The summed E-state index contributed by atoms with van der Waals surface area (Å²) in [5, 5.41) is 0. The van der Waals surface area contributed by atoms with Gasteiger partial charge in [-0.1, -0.05) is 32.0 Å². The molecule has 59 valence electrons. The summed E-state index contributed by atoms with van der Waals surface area (Å²) >= 11 is 0. The van der Waals surface area contributed by atoms with Crippen molar-refractivity contribution in [3.63, 3.8) is 0 Å². The highest BCUT2D eigenvalue weighted by molar-refractivity contribution is 5.33. The van der Waals surface area contributed by atoms with Crippen molar-refractivity contribution in [2.45, 2.75) is 26.7 Å². The van der Waals surface area contributed by atoms with Crippen LogP contribution in [0.1, 0.15) is 30.5 Å². The summed E-state index contributed by atoms with van der Waals surface area (Å²) in [4.78, 5) is 0. The van der Waals surface area contributed by atoms with Gasteiger partial charge >= 0.3 is 0 Å². The summed E-state index contributed by atoms with van der Waals surface area (Å²) < 4.78 is 0. The summed E-state index contributed by atoms with van der Waals surface area (Å²) in [6.45, 7) is 8.31. The second-order valence-electron chi connectivity index (χ2n) is 2.81. The Labute approximate surface area is 69.3 Å². The minimum Gasteiger partial charge on any atom is -0.0613 e. The van der Waals surface area contributed by atoms with Crippen LogP contribution in [-0.4, -0.2) is 0 Å². The van der Waals surface area contributed by atoms with Gasteiger partial charge in [0.1, 0.15) is 0 Å². The normalized spacial score (nSPS) is 10.1. The molecule has 0 aliphatic heterocycles. The molecule has 0 aromatic heterocycles. The number of aryl methyl sites for hydroxylation is 2. The highest BCUT2D eigenvalue weighted by atomic mass is 14.0. The zero-order valence-corrected chi connectivity index (χ0v) is 7.35. The Bertz CT molecular complexity index is 236. The molecular formula is C11H15. The fraction of sp³-hybridized carbons (Fsp3) is 0.364. The molecule has 0 bridgehead atoms. The third-order valence-electron chi connectivity index (χ3n) is 2.06. The molecule has 0 spiro atoms. The first-order valence-corrected chi connectivity index (χ1v) is 4.21. The molecule has 1 radical (unpaired) electrons. The van der Waals surface area contributed by atoms with Crippen LogP contribution in [0.5, 0.6) is 0 Å². The third-order valence-corrected chi connectivity index (χ3v) is 2.06. The molecule has 1 aromatic rings. The molecule has 0 saturated heterocycles. The number of hydrogen-bond acceptors (Lipinski definition) is 0. The van der Waals surface area contributed by atoms with Gasteiger partial charge in [-0.3, -0.25) is 0 Å². The first kappa shape index (κ1) is 8.32. The quantitative estimate of drug-likeness (QED) is 0.603. The minimum atomic E-state index is 1.09. The molecule has 0 heteroatoms. The van der Waals surface area contributed by atoms with E-state index >= 15 is 0 Å². The van der Waals surface area contributed by atoms with Crippen LogP contribution in [-0.2, 0) is 12.8 Å². The van der Waals surface area contributed by atoms with Crippen LogP contribution in [0.4, 0.5) is 0 Å². The van der Waals surface area contributed by atoms with E-state index in [0.717, 1.165) is 12.8 Å². The second-order valence-corrected chi connectivity index (χ2v) is 2.81. The monoisotopic (exact) mass is 147 g/mol. The van der Waals surface area contributed by atoms with Crippen molar-refractivity contribution >= 4 is 0 Å². The lowest BCUT2D eigenvalue weighted by molar-refractivity contribution is 1.08. The Hall–Kier alpha value is -0.780. The average Bonchev–Trinajstić information content (AvgIpc) is 2.05. The first-order chi connectivity index (χ1) is 5.27. The van der Waals surface area contributed by atoms with Crippen molar-refractivity contribution in [1.29, 1.82) is 0 Å². The molecule has 0 amide bonds. The van der Waals surface area contributed by atoms with Crippen molar-refractivity contribution in [2.75, 3.05) is 0 Å². The van der Waals surface area contributed by atoms with E-state index in [9.17, 15) is 0 Å². The topological polar surface area (TPSA) is 0 Å². The zero-order chi connectivity index (χ0) is 8.27. The maximum Gasteiger partial charge on any atom is -0.0235 e. The van der Waals surface area contributed by atoms with Gasteiger partial charge in [0.05, 0.1) is 0 Å². The van der Waals surface area contributed by atoms with Gasteiger partial charge in [0.2, 0.25) is 0 Å². The van der Waals surface area contributed by atoms with Crippen LogP contribution in [0.2, 0.25) is 0 Å². The van der Waals surface area contributed by atoms with Crippen molar-refractivity contribution < 1.29 is 0 Å². The summed E-state index contributed by atoms with van der Waals surface area (Å²) in [6, 6.07) is 6.52. The standard InChI is InChI=1S/C11H15/c1-4-10-7-6-9(3)11(5-2)8-10/h6-8H,3-5H2,1-2H3. The number of rotatable bonds is 2. The van der Waals surface area contributed by atoms with E-state index in [2.05, 4.69) is 39.0 Å². The van der Waals surface area contributed by atoms with Gasteiger partial charge in [0, 0.05) is 0 Å². The van der Waals surface area contributed by atoms with Gasteiger partial charge in [-0.05, 0) is 36.5 Å². The molecular weight excluding hydrogens is 132 g/mol. The molecule has 1 rings (SSSR count). The van der Waals surface area contributed by atoms with Crippen LogP contribution in [0.3, 0.4) is 0 Å². The van der Waals surface area contributed by atoms with Crippen LogP contribution >= 0.6 is 0 Å². The molecule has 1 aromatic carbocycles. The Morgan fingerprint density at radius 2 is 1.91 bits per heavy atom. The Morgan fingerprint density at radius 3 is 2.45 bits per heavy atom. The third kappa shape index (κ3) is 1.83. The van der Waals surface area contributed by atoms with Gasteiger partial charge in [-0.15, -0.1) is 0 Å². The average molecular weight is 147 g/mol. The summed E-state index contributed by atoms with van der Waals surface area (Å²) in [5.74, 6) is 0. The summed E-state index contributed by atoms with van der Waals surface area (Å²) in [6.07, 6.45) is 2.21. The second kappa shape index (κ2) is 3.56. The molecule has 0 atom stereocenters. The summed E-state index contributed by atoms with van der Waals surface area (Å²) in [5.41, 5.74) is 3.96. The lowest BCUT2D eigenvalue weighted by Crippen LogP contribution is -1.88. The van der Waals surface area contributed by atoms with E-state index in [4.69, 9.17) is 0 Å². The largest absolute Gasteiger partial charge is 0.0613 e. The fourth-order valence-electron chi connectivity index (χ4n) is 1.23. The predicted octanol–water partition coefficient (Wildman–Crippen LogP) is 2.99. The predicted molar refractivity (Wildman–Crippen MR) is 49.7 cm³/mol. The smallest absolute Gasteiger partial charge is 0.0235 e. The van der Waals surface area contributed by atoms with Gasteiger partial charge in [-0.2, -0.15) is 0 Å². The van der Waals surface area contributed by atoms with E-state index in [0.29, 0.717) is 0 Å². The zero-order valence-electron chi connectivity index (χ0n) is 7.35. The molecule has 11 heavy (non-hydrogen) atoms. The van der Waals surface area contributed by atoms with Crippen molar-refractivity contribution in [1.82, 2.24) is 0 Å². The SMILES string of the molecule is [CH2]c1ccc(CC)cc1CC. The molecule has 0 saturated carbocycles. The van der Waals surface area contributed by atoms with E-state index in [1.807, 2.05) is 0 Å². The van der Waals surface area contributed by atoms with E-state index in [1.165, 1.54) is 16.7 Å². The molecule has 0 unspecified atom stereocenters. The van der Waals surface area contributed by atoms with Gasteiger partial charge in [0.25, 0.3) is 0 Å². The van der Waals surface area contributed by atoms with Gasteiger partial charge in [0.15, 0.2) is 0 Å². The Morgan fingerprint density at radius 1 is 1.18 bits per heavy atom. The highest BCUT2D eigenvalue weighted by Gasteiger charge is 1.95. The van der Waals surface area contributed by atoms with Crippen molar-refractivity contribution in [3.8, 4) is 0 Å². The maximum absolute atomic E-state index is 3.97. The number of hydrogen-bond donors (Lipinski definition) is 0. The summed E-state index contributed by atoms with van der Waals surface area (Å²) in [7, 11) is 0. The van der Waals surface area contributed by atoms with Crippen molar-refractivity contribution in [2.24, 2.45) is 0 Å². The lowest BCUT2D eigenvalue weighted by Gasteiger charge is -2.04. The molecule has 0 heterocycles. The maximum atomic E-state index is 3.97. The van der Waals surface area contributed by atoms with Crippen LogP contribution in [0.15, 0.2) is 18.2 Å². The lowest BCUT2D eigenvalue weighted by atomic mass is 10.0. The van der Waals surface area contributed by atoms with Crippen molar-refractivity contribution in [3.05, 3.63) is 41.8 Å². The van der Waals surface area contributed by atoms with Crippen LogP contribution < -0.4 is 0 Å². The Kier molecular flexibility index (Phi) is 2.70. The van der Waals surface area contributed by atoms with E-state index < -0.39 is 0 Å². The van der Waals surface area contributed by atoms with Crippen LogP contribution in [0, 0.1) is 6.92 Å². The van der Waals surface area contributed by atoms with E-state index in [-0.39, 0.29) is 0 Å². The fourth-order valence-corrected chi connectivity index (χ4v) is 1.23. The number of benzene rings is 1. The van der Waals surface area contributed by atoms with Gasteiger partial charge < -0.3 is 0 Å². The molecule has 0 aliphatic carbocycles. The highest BCUT2D eigenvalue weighted by Crippen LogP contribution is 2.11.